The number of anilines is 1. The maximum Gasteiger partial charge on any atom is 0.264 e. The Balaban J connectivity index is 2.07. The minimum absolute atomic E-state index is 0.00283. The number of hydrogen-bond donors (Lipinski definition) is 1. The van der Waals surface area contributed by atoms with Crippen LogP contribution in [-0.4, -0.2) is 50.9 Å². The number of amides is 2. The number of methoxy groups -OCH3 is 1. The van der Waals surface area contributed by atoms with Gasteiger partial charge in [-0.05, 0) is 69.2 Å². The Labute approximate surface area is 252 Å². The molecule has 0 fully saturated rings. The highest BCUT2D eigenvalue weighted by Gasteiger charge is 2.33. The van der Waals surface area contributed by atoms with Gasteiger partial charge in [0.25, 0.3) is 10.0 Å². The third-order valence-electron chi connectivity index (χ3n) is 6.78. The zero-order chi connectivity index (χ0) is 30.3. The first-order chi connectivity index (χ1) is 19.4. The quantitative estimate of drug-likeness (QED) is 0.275. The summed E-state index contributed by atoms with van der Waals surface area (Å²) in [6.45, 7) is 6.67. The Bertz CT molecular complexity index is 1480. The first-order valence-corrected chi connectivity index (χ1v) is 15.3. The number of carbonyl (C=O) groups is 2. The van der Waals surface area contributed by atoms with Gasteiger partial charge in [-0.1, -0.05) is 66.0 Å². The second kappa shape index (κ2) is 14.1. The number of hydrogen-bond acceptors (Lipinski definition) is 5. The molecule has 8 nitrogen and oxygen atoms in total. The van der Waals surface area contributed by atoms with Crippen molar-refractivity contribution in [3.05, 3.63) is 87.9 Å². The topological polar surface area (TPSA) is 96.0 Å². The normalized spacial score (nSPS) is 12.8. The van der Waals surface area contributed by atoms with E-state index >= 15 is 0 Å². The standard InChI is InChI=1S/C30H35Cl2N3O5S/c1-6-21(3)33-30(37)22(4)34(18-23-9-7-8-10-26(23)31)29(36)19-35(24-13-16-28(40-5)27(32)17-24)41(38,39)25-14-11-20(2)12-15-25/h7-17,21-22H,6,18-19H2,1-5H3,(H,33,37). The van der Waals surface area contributed by atoms with Crippen LogP contribution in [0.3, 0.4) is 0 Å². The highest BCUT2D eigenvalue weighted by Crippen LogP contribution is 2.32. The Kier molecular flexibility index (Phi) is 11.1. The Morgan fingerprint density at radius 3 is 2.22 bits per heavy atom. The lowest BCUT2D eigenvalue weighted by Gasteiger charge is -2.32. The third-order valence-corrected chi connectivity index (χ3v) is 9.23. The van der Waals surface area contributed by atoms with Crippen LogP contribution in [0.5, 0.6) is 5.75 Å². The molecule has 3 aromatic carbocycles. The molecule has 0 aliphatic heterocycles. The van der Waals surface area contributed by atoms with Crippen molar-refractivity contribution in [2.75, 3.05) is 18.0 Å². The number of halogens is 2. The third kappa shape index (κ3) is 7.93. The zero-order valence-electron chi connectivity index (χ0n) is 23.7. The maximum absolute atomic E-state index is 14.0. The van der Waals surface area contributed by atoms with E-state index in [2.05, 4.69) is 5.32 Å². The molecule has 0 bridgehead atoms. The Morgan fingerprint density at radius 2 is 1.63 bits per heavy atom. The van der Waals surface area contributed by atoms with Crippen LogP contribution >= 0.6 is 23.2 Å². The molecule has 0 heterocycles. The van der Waals surface area contributed by atoms with Crippen LogP contribution in [0, 0.1) is 6.92 Å². The summed E-state index contributed by atoms with van der Waals surface area (Å²) in [6, 6.07) is 16.8. The fourth-order valence-corrected chi connectivity index (χ4v) is 5.89. The van der Waals surface area contributed by atoms with Crippen molar-refractivity contribution in [3.8, 4) is 5.75 Å². The molecular formula is C30H35Cl2N3O5S. The SMILES string of the molecule is CCC(C)NC(=O)C(C)N(Cc1ccccc1Cl)C(=O)CN(c1ccc(OC)c(Cl)c1)S(=O)(=O)c1ccc(C)cc1. The van der Waals surface area contributed by atoms with Gasteiger partial charge in [-0.25, -0.2) is 8.42 Å². The summed E-state index contributed by atoms with van der Waals surface area (Å²) in [6.07, 6.45) is 0.706. The van der Waals surface area contributed by atoms with Crippen molar-refractivity contribution in [3.63, 3.8) is 0 Å². The molecule has 0 aromatic heterocycles. The number of aryl methyl sites for hydroxylation is 1. The summed E-state index contributed by atoms with van der Waals surface area (Å²) < 4.78 is 34.1. The number of rotatable bonds is 12. The molecule has 3 rings (SSSR count). The van der Waals surface area contributed by atoms with Gasteiger partial charge in [-0.3, -0.25) is 13.9 Å². The molecule has 220 valence electrons. The van der Waals surface area contributed by atoms with E-state index in [0.717, 1.165) is 9.87 Å². The number of nitrogens with one attached hydrogen (secondary N) is 1. The zero-order valence-corrected chi connectivity index (χ0v) is 26.1. The van der Waals surface area contributed by atoms with Gasteiger partial charge in [0.05, 0.1) is 22.7 Å². The fraction of sp³-hybridized carbons (Fsp3) is 0.333. The summed E-state index contributed by atoms with van der Waals surface area (Å²) in [5.41, 5.74) is 1.66. The average molecular weight is 621 g/mol. The van der Waals surface area contributed by atoms with Crippen molar-refractivity contribution in [1.29, 1.82) is 0 Å². The number of benzene rings is 3. The van der Waals surface area contributed by atoms with E-state index in [9.17, 15) is 18.0 Å². The van der Waals surface area contributed by atoms with Gasteiger partial charge in [0.2, 0.25) is 11.8 Å². The lowest BCUT2D eigenvalue weighted by atomic mass is 10.1. The lowest BCUT2D eigenvalue weighted by Crippen LogP contribution is -2.52. The minimum Gasteiger partial charge on any atom is -0.495 e. The number of carbonyl (C=O) groups excluding carboxylic acids is 2. The summed E-state index contributed by atoms with van der Waals surface area (Å²) >= 11 is 12.8. The second-order valence-electron chi connectivity index (χ2n) is 9.75. The molecule has 1 N–H and O–H groups in total. The molecule has 2 amide bonds. The number of ether oxygens (including phenoxy) is 1. The van der Waals surface area contributed by atoms with Crippen molar-refractivity contribution in [2.45, 2.75) is 57.6 Å². The van der Waals surface area contributed by atoms with Crippen LogP contribution in [0.15, 0.2) is 71.6 Å². The smallest absolute Gasteiger partial charge is 0.264 e. The van der Waals surface area contributed by atoms with Crippen LogP contribution < -0.4 is 14.4 Å². The van der Waals surface area contributed by atoms with Gasteiger partial charge in [-0.2, -0.15) is 0 Å². The molecule has 0 radical (unpaired) electrons. The van der Waals surface area contributed by atoms with Crippen LogP contribution in [0.1, 0.15) is 38.3 Å². The first-order valence-electron chi connectivity index (χ1n) is 13.1. The van der Waals surface area contributed by atoms with E-state index in [1.54, 1.807) is 43.3 Å². The van der Waals surface area contributed by atoms with E-state index in [1.165, 1.54) is 42.3 Å². The van der Waals surface area contributed by atoms with Crippen LogP contribution in [-0.2, 0) is 26.2 Å². The summed E-state index contributed by atoms with van der Waals surface area (Å²) in [7, 11) is -2.78. The number of nitrogens with zero attached hydrogens (tertiary/aromatic N) is 2. The Morgan fingerprint density at radius 1 is 0.976 bits per heavy atom. The van der Waals surface area contributed by atoms with Gasteiger partial charge >= 0.3 is 0 Å². The number of sulfonamides is 1. The van der Waals surface area contributed by atoms with Crippen molar-refractivity contribution in [1.82, 2.24) is 10.2 Å². The molecule has 11 heteroatoms. The van der Waals surface area contributed by atoms with E-state index in [1.807, 2.05) is 20.8 Å². The predicted molar refractivity (Wildman–Crippen MR) is 163 cm³/mol. The van der Waals surface area contributed by atoms with E-state index in [0.29, 0.717) is 22.8 Å². The summed E-state index contributed by atoms with van der Waals surface area (Å²) in [4.78, 5) is 28.5. The van der Waals surface area contributed by atoms with Crippen LogP contribution in [0.2, 0.25) is 10.0 Å². The molecule has 0 spiro atoms. The van der Waals surface area contributed by atoms with Crippen molar-refractivity contribution >= 4 is 50.7 Å². The molecule has 3 aromatic rings. The highest BCUT2D eigenvalue weighted by atomic mass is 35.5. The average Bonchev–Trinajstić information content (AvgIpc) is 2.95. The fourth-order valence-electron chi connectivity index (χ4n) is 4.03. The minimum atomic E-state index is -4.23. The van der Waals surface area contributed by atoms with Gasteiger partial charge < -0.3 is 15.0 Å². The highest BCUT2D eigenvalue weighted by molar-refractivity contribution is 7.92. The molecular weight excluding hydrogens is 585 g/mol. The molecule has 0 aliphatic carbocycles. The molecule has 2 atom stereocenters. The van der Waals surface area contributed by atoms with Gasteiger partial charge in [-0.15, -0.1) is 0 Å². The molecule has 41 heavy (non-hydrogen) atoms. The molecule has 0 saturated carbocycles. The largest absolute Gasteiger partial charge is 0.495 e. The van der Waals surface area contributed by atoms with Crippen LogP contribution in [0.25, 0.3) is 0 Å². The summed E-state index contributed by atoms with van der Waals surface area (Å²) in [5, 5.41) is 3.50. The van der Waals surface area contributed by atoms with E-state index in [4.69, 9.17) is 27.9 Å². The van der Waals surface area contributed by atoms with Crippen molar-refractivity contribution in [2.24, 2.45) is 0 Å². The second-order valence-corrected chi connectivity index (χ2v) is 12.4. The van der Waals surface area contributed by atoms with Gasteiger partial charge in [0.1, 0.15) is 18.3 Å². The van der Waals surface area contributed by atoms with E-state index in [-0.39, 0.29) is 34.1 Å². The monoisotopic (exact) mass is 619 g/mol. The van der Waals surface area contributed by atoms with Crippen molar-refractivity contribution < 1.29 is 22.7 Å². The maximum atomic E-state index is 14.0. The summed E-state index contributed by atoms with van der Waals surface area (Å²) in [5.74, 6) is -0.607. The van der Waals surface area contributed by atoms with Gasteiger partial charge in [0.15, 0.2) is 0 Å². The lowest BCUT2D eigenvalue weighted by molar-refractivity contribution is -0.139. The van der Waals surface area contributed by atoms with Crippen LogP contribution in [0.4, 0.5) is 5.69 Å². The molecule has 0 saturated heterocycles. The molecule has 0 aliphatic rings. The van der Waals surface area contributed by atoms with Gasteiger partial charge in [0, 0.05) is 17.6 Å². The van der Waals surface area contributed by atoms with E-state index < -0.39 is 28.5 Å². The molecule has 2 unspecified atom stereocenters. The first kappa shape index (κ1) is 32.2. The predicted octanol–water partition coefficient (Wildman–Crippen LogP) is 5.84. The Hall–Kier alpha value is -3.27.